The van der Waals surface area contributed by atoms with Crippen LogP contribution in [0.1, 0.15) is 6.92 Å². The lowest BCUT2D eigenvalue weighted by molar-refractivity contribution is -0.141. The van der Waals surface area contributed by atoms with Crippen molar-refractivity contribution in [3.8, 4) is 0 Å². The van der Waals surface area contributed by atoms with Crippen LogP contribution in [0.4, 0.5) is 14.5 Å². The summed E-state index contributed by atoms with van der Waals surface area (Å²) in [6.45, 7) is 1.50. The van der Waals surface area contributed by atoms with Crippen LogP contribution in [0.5, 0.6) is 0 Å². The lowest BCUT2D eigenvalue weighted by Gasteiger charge is -2.13. The topological polar surface area (TPSA) is 38.3 Å². The van der Waals surface area contributed by atoms with E-state index in [0.717, 1.165) is 18.2 Å². The second-order valence-electron chi connectivity index (χ2n) is 3.01. The molecule has 0 aromatic heterocycles. The average Bonchev–Trinajstić information content (AvgIpc) is 2.22. The van der Waals surface area contributed by atoms with Crippen LogP contribution in [-0.2, 0) is 9.53 Å². The molecule has 0 aliphatic carbocycles. The Labute approximate surface area is 86.0 Å². The van der Waals surface area contributed by atoms with E-state index in [2.05, 4.69) is 10.1 Å². The van der Waals surface area contributed by atoms with Crippen LogP contribution < -0.4 is 5.32 Å². The monoisotopic (exact) mass is 215 g/mol. The van der Waals surface area contributed by atoms with E-state index in [1.807, 2.05) is 0 Å². The SMILES string of the molecule is COC(=O)C(C)Nc1cc(F)ccc1F. The number of benzene rings is 1. The molecule has 0 saturated carbocycles. The molecular weight excluding hydrogens is 204 g/mol. The molecule has 82 valence electrons. The summed E-state index contributed by atoms with van der Waals surface area (Å²) in [5.74, 6) is -1.73. The van der Waals surface area contributed by atoms with Gasteiger partial charge in [0.25, 0.3) is 0 Å². The summed E-state index contributed by atoms with van der Waals surface area (Å²) in [5, 5.41) is 2.51. The number of hydrogen-bond acceptors (Lipinski definition) is 3. The van der Waals surface area contributed by atoms with Crippen molar-refractivity contribution < 1.29 is 18.3 Å². The van der Waals surface area contributed by atoms with Crippen molar-refractivity contribution in [3.63, 3.8) is 0 Å². The molecule has 0 aliphatic heterocycles. The molecule has 1 rings (SSSR count). The van der Waals surface area contributed by atoms with Gasteiger partial charge in [-0.15, -0.1) is 0 Å². The van der Waals surface area contributed by atoms with Gasteiger partial charge in [-0.3, -0.25) is 0 Å². The van der Waals surface area contributed by atoms with Crippen LogP contribution in [0, 0.1) is 11.6 Å². The lowest BCUT2D eigenvalue weighted by atomic mass is 10.2. The fourth-order valence-corrected chi connectivity index (χ4v) is 1.08. The minimum atomic E-state index is -0.730. The molecule has 3 nitrogen and oxygen atoms in total. The quantitative estimate of drug-likeness (QED) is 0.783. The van der Waals surface area contributed by atoms with Crippen LogP contribution >= 0.6 is 0 Å². The Morgan fingerprint density at radius 3 is 2.73 bits per heavy atom. The summed E-state index contributed by atoms with van der Waals surface area (Å²) in [7, 11) is 1.22. The highest BCUT2D eigenvalue weighted by Crippen LogP contribution is 2.16. The van der Waals surface area contributed by atoms with Crippen LogP contribution in [0.3, 0.4) is 0 Å². The molecule has 1 unspecified atom stereocenters. The number of esters is 1. The van der Waals surface area contributed by atoms with E-state index in [1.54, 1.807) is 0 Å². The van der Waals surface area contributed by atoms with Gasteiger partial charge in [-0.1, -0.05) is 0 Å². The van der Waals surface area contributed by atoms with E-state index in [4.69, 9.17) is 0 Å². The maximum Gasteiger partial charge on any atom is 0.327 e. The zero-order valence-electron chi connectivity index (χ0n) is 8.38. The zero-order valence-corrected chi connectivity index (χ0v) is 8.38. The minimum absolute atomic E-state index is 0.0621. The summed E-state index contributed by atoms with van der Waals surface area (Å²) < 4.78 is 30.3. The third-order valence-electron chi connectivity index (χ3n) is 1.86. The Balaban J connectivity index is 2.80. The zero-order chi connectivity index (χ0) is 11.4. The molecule has 0 radical (unpaired) electrons. The van der Waals surface area contributed by atoms with Crippen LogP contribution in [0.2, 0.25) is 0 Å². The van der Waals surface area contributed by atoms with Crippen molar-refractivity contribution in [2.45, 2.75) is 13.0 Å². The number of carbonyl (C=O) groups excluding carboxylic acids is 1. The largest absolute Gasteiger partial charge is 0.467 e. The van der Waals surface area contributed by atoms with Crippen molar-refractivity contribution in [1.82, 2.24) is 0 Å². The Morgan fingerprint density at radius 1 is 1.47 bits per heavy atom. The molecule has 0 bridgehead atoms. The van der Waals surface area contributed by atoms with E-state index in [9.17, 15) is 13.6 Å². The maximum absolute atomic E-state index is 13.1. The van der Waals surface area contributed by atoms with Crippen molar-refractivity contribution in [1.29, 1.82) is 0 Å². The summed E-state index contributed by atoms with van der Waals surface area (Å²) in [5.41, 5.74) is -0.0621. The van der Waals surface area contributed by atoms with Gasteiger partial charge in [0.15, 0.2) is 0 Å². The summed E-state index contributed by atoms with van der Waals surface area (Å²) in [4.78, 5) is 11.0. The number of hydrogen-bond donors (Lipinski definition) is 1. The molecule has 1 atom stereocenters. The van der Waals surface area contributed by atoms with Gasteiger partial charge in [-0.2, -0.15) is 0 Å². The molecule has 0 amide bonds. The van der Waals surface area contributed by atoms with E-state index in [1.165, 1.54) is 14.0 Å². The summed E-state index contributed by atoms with van der Waals surface area (Å²) in [6, 6.07) is 2.24. The average molecular weight is 215 g/mol. The predicted molar refractivity (Wildman–Crippen MR) is 51.5 cm³/mol. The van der Waals surface area contributed by atoms with Gasteiger partial charge < -0.3 is 10.1 Å². The standard InChI is InChI=1S/C10H11F2NO2/c1-6(10(14)15-2)13-9-5-7(11)3-4-8(9)12/h3-6,13H,1-2H3. The summed E-state index contributed by atoms with van der Waals surface area (Å²) >= 11 is 0. The molecule has 1 aromatic rings. The Morgan fingerprint density at radius 2 is 2.13 bits per heavy atom. The lowest BCUT2D eigenvalue weighted by Crippen LogP contribution is -2.27. The first kappa shape index (κ1) is 11.4. The minimum Gasteiger partial charge on any atom is -0.467 e. The van der Waals surface area contributed by atoms with Crippen LogP contribution in [0.15, 0.2) is 18.2 Å². The third kappa shape index (κ3) is 2.90. The first-order chi connectivity index (χ1) is 7.04. The van der Waals surface area contributed by atoms with Gasteiger partial charge in [0.05, 0.1) is 12.8 Å². The molecule has 0 spiro atoms. The van der Waals surface area contributed by atoms with Gasteiger partial charge in [-0.25, -0.2) is 13.6 Å². The van der Waals surface area contributed by atoms with Crippen molar-refractivity contribution in [2.24, 2.45) is 0 Å². The number of rotatable bonds is 3. The second kappa shape index (κ2) is 4.72. The first-order valence-electron chi connectivity index (χ1n) is 4.34. The normalized spacial score (nSPS) is 12.0. The Kier molecular flexibility index (Phi) is 3.60. The predicted octanol–water partition coefficient (Wildman–Crippen LogP) is 1.94. The third-order valence-corrected chi connectivity index (χ3v) is 1.86. The molecule has 1 N–H and O–H groups in total. The van der Waals surface area contributed by atoms with E-state index in [0.29, 0.717) is 0 Å². The van der Waals surface area contributed by atoms with Gasteiger partial charge in [0, 0.05) is 0 Å². The van der Waals surface area contributed by atoms with E-state index < -0.39 is 23.6 Å². The van der Waals surface area contributed by atoms with E-state index in [-0.39, 0.29) is 5.69 Å². The van der Waals surface area contributed by atoms with Crippen molar-refractivity contribution in [2.75, 3.05) is 12.4 Å². The van der Waals surface area contributed by atoms with Crippen molar-refractivity contribution >= 4 is 11.7 Å². The number of carbonyl (C=O) groups is 1. The second-order valence-corrected chi connectivity index (χ2v) is 3.01. The van der Waals surface area contributed by atoms with Gasteiger partial charge >= 0.3 is 5.97 Å². The van der Waals surface area contributed by atoms with Gasteiger partial charge in [0.2, 0.25) is 0 Å². The fraction of sp³-hybridized carbons (Fsp3) is 0.300. The Hall–Kier alpha value is -1.65. The highest BCUT2D eigenvalue weighted by molar-refractivity contribution is 5.78. The number of halogens is 2. The van der Waals surface area contributed by atoms with Gasteiger partial charge in [-0.05, 0) is 25.1 Å². The number of ether oxygens (including phenoxy) is 1. The maximum atomic E-state index is 13.1. The van der Waals surface area contributed by atoms with Crippen LogP contribution in [0.25, 0.3) is 0 Å². The molecular formula is C10H11F2NO2. The molecule has 0 aliphatic rings. The molecule has 0 heterocycles. The highest BCUT2D eigenvalue weighted by atomic mass is 19.1. The molecule has 1 aromatic carbocycles. The van der Waals surface area contributed by atoms with E-state index >= 15 is 0 Å². The summed E-state index contributed by atoms with van der Waals surface area (Å²) in [6.07, 6.45) is 0. The Bertz CT molecular complexity index is 368. The number of methoxy groups -OCH3 is 1. The number of anilines is 1. The number of nitrogens with one attached hydrogen (secondary N) is 1. The molecule has 15 heavy (non-hydrogen) atoms. The van der Waals surface area contributed by atoms with Crippen molar-refractivity contribution in [3.05, 3.63) is 29.8 Å². The molecule has 5 heteroatoms. The first-order valence-corrected chi connectivity index (χ1v) is 4.34. The highest BCUT2D eigenvalue weighted by Gasteiger charge is 2.14. The smallest absolute Gasteiger partial charge is 0.327 e. The molecule has 0 saturated heterocycles. The molecule has 0 fully saturated rings. The fourth-order valence-electron chi connectivity index (χ4n) is 1.08. The van der Waals surface area contributed by atoms with Crippen LogP contribution in [-0.4, -0.2) is 19.1 Å². The van der Waals surface area contributed by atoms with Gasteiger partial charge in [0.1, 0.15) is 17.7 Å².